The van der Waals surface area contributed by atoms with E-state index in [2.05, 4.69) is 16.8 Å². The van der Waals surface area contributed by atoms with Gasteiger partial charge in [0.15, 0.2) is 0 Å². The van der Waals surface area contributed by atoms with E-state index in [0.29, 0.717) is 5.56 Å². The first-order valence-corrected chi connectivity index (χ1v) is 5.01. The number of rotatable bonds is 1. The first kappa shape index (κ1) is 10.4. The number of aliphatic hydroxyl groups is 1. The fraction of sp³-hybridized carbons (Fsp3) is 0.0714. The van der Waals surface area contributed by atoms with Crippen molar-refractivity contribution in [1.82, 2.24) is 4.98 Å². The lowest BCUT2D eigenvalue weighted by Crippen LogP contribution is -1.93. The summed E-state index contributed by atoms with van der Waals surface area (Å²) in [7, 11) is 0. The molecule has 0 aliphatic heterocycles. The van der Waals surface area contributed by atoms with Gasteiger partial charge in [0, 0.05) is 23.5 Å². The molecule has 2 heteroatoms. The first-order chi connectivity index (χ1) is 7.86. The average molecular weight is 209 g/mol. The molecule has 2 rings (SSSR count). The standard InChI is InChI=1S/C14H11NO/c16-14(13-7-4-10-15-11-13)9-8-12-5-2-1-3-6-12/h1-7,10-11,14,16H/t14-/m1/s1. The summed E-state index contributed by atoms with van der Waals surface area (Å²) in [5.41, 5.74) is 1.61. The minimum atomic E-state index is -0.783. The maximum absolute atomic E-state index is 9.77. The molecule has 0 amide bonds. The summed E-state index contributed by atoms with van der Waals surface area (Å²) in [6, 6.07) is 13.2. The van der Waals surface area contributed by atoms with Crippen LogP contribution in [0, 0.1) is 11.8 Å². The molecular formula is C14H11NO. The highest BCUT2D eigenvalue weighted by Crippen LogP contribution is 2.09. The monoisotopic (exact) mass is 209 g/mol. The fourth-order valence-corrected chi connectivity index (χ4v) is 1.29. The molecule has 16 heavy (non-hydrogen) atoms. The van der Waals surface area contributed by atoms with E-state index in [9.17, 15) is 5.11 Å². The molecule has 0 saturated heterocycles. The molecule has 2 nitrogen and oxygen atoms in total. The molecule has 0 fully saturated rings. The van der Waals surface area contributed by atoms with Crippen molar-refractivity contribution in [2.75, 3.05) is 0 Å². The van der Waals surface area contributed by atoms with Crippen LogP contribution in [0.2, 0.25) is 0 Å². The molecule has 2 aromatic rings. The van der Waals surface area contributed by atoms with Crippen LogP contribution in [0.4, 0.5) is 0 Å². The van der Waals surface area contributed by atoms with E-state index in [4.69, 9.17) is 0 Å². The molecule has 78 valence electrons. The van der Waals surface area contributed by atoms with Crippen LogP contribution in [0.5, 0.6) is 0 Å². The highest BCUT2D eigenvalue weighted by atomic mass is 16.3. The largest absolute Gasteiger partial charge is 0.376 e. The van der Waals surface area contributed by atoms with Crippen LogP contribution in [-0.2, 0) is 0 Å². The van der Waals surface area contributed by atoms with Crippen LogP contribution < -0.4 is 0 Å². The predicted molar refractivity (Wildman–Crippen MR) is 62.5 cm³/mol. The highest BCUT2D eigenvalue weighted by molar-refractivity contribution is 5.36. The first-order valence-electron chi connectivity index (χ1n) is 5.01. The lowest BCUT2D eigenvalue weighted by atomic mass is 10.1. The number of aliphatic hydroxyl groups excluding tert-OH is 1. The zero-order valence-corrected chi connectivity index (χ0v) is 8.67. The number of hydrogen-bond acceptors (Lipinski definition) is 2. The van der Waals surface area contributed by atoms with Crippen LogP contribution in [-0.4, -0.2) is 10.1 Å². The third-order valence-electron chi connectivity index (χ3n) is 2.13. The molecule has 1 N–H and O–H groups in total. The van der Waals surface area contributed by atoms with Gasteiger partial charge in [0.05, 0.1) is 0 Å². The lowest BCUT2D eigenvalue weighted by molar-refractivity contribution is 0.238. The third kappa shape index (κ3) is 2.69. The molecule has 0 bridgehead atoms. The predicted octanol–water partition coefficient (Wildman–Crippen LogP) is 2.17. The van der Waals surface area contributed by atoms with E-state index in [1.54, 1.807) is 24.5 Å². The SMILES string of the molecule is O[C@H](C#Cc1ccccc1)c1cccnc1. The molecule has 1 aromatic heterocycles. The van der Waals surface area contributed by atoms with Gasteiger partial charge in [0.25, 0.3) is 0 Å². The minimum Gasteiger partial charge on any atom is -0.376 e. The van der Waals surface area contributed by atoms with Crippen molar-refractivity contribution < 1.29 is 5.11 Å². The van der Waals surface area contributed by atoms with Crippen LogP contribution in [0.1, 0.15) is 17.2 Å². The van der Waals surface area contributed by atoms with Gasteiger partial charge in [-0.1, -0.05) is 36.1 Å². The smallest absolute Gasteiger partial charge is 0.142 e. The number of benzene rings is 1. The van der Waals surface area contributed by atoms with Gasteiger partial charge in [-0.05, 0) is 18.2 Å². The van der Waals surface area contributed by atoms with Crippen molar-refractivity contribution in [3.8, 4) is 11.8 Å². The van der Waals surface area contributed by atoms with Gasteiger partial charge in [-0.15, -0.1) is 0 Å². The fourth-order valence-electron chi connectivity index (χ4n) is 1.29. The summed E-state index contributed by atoms with van der Waals surface area (Å²) < 4.78 is 0. The van der Waals surface area contributed by atoms with Crippen LogP contribution in [0.15, 0.2) is 54.9 Å². The van der Waals surface area contributed by atoms with Crippen LogP contribution in [0.3, 0.4) is 0 Å². The number of hydrogen-bond donors (Lipinski definition) is 1. The normalized spacial score (nSPS) is 11.3. The molecule has 1 aromatic carbocycles. The second-order valence-corrected chi connectivity index (χ2v) is 3.32. The van der Waals surface area contributed by atoms with Gasteiger partial charge in [-0.25, -0.2) is 0 Å². The minimum absolute atomic E-state index is 0.714. The molecule has 0 radical (unpaired) electrons. The average Bonchev–Trinajstić information content (AvgIpc) is 2.38. The van der Waals surface area contributed by atoms with E-state index in [1.165, 1.54) is 0 Å². The van der Waals surface area contributed by atoms with Crippen molar-refractivity contribution in [3.05, 3.63) is 66.0 Å². The molecule has 0 aliphatic carbocycles. The Balaban J connectivity index is 2.15. The van der Waals surface area contributed by atoms with Gasteiger partial charge in [0.2, 0.25) is 0 Å². The zero-order valence-electron chi connectivity index (χ0n) is 8.67. The van der Waals surface area contributed by atoms with Gasteiger partial charge in [0.1, 0.15) is 6.10 Å². The molecule has 0 saturated carbocycles. The van der Waals surface area contributed by atoms with E-state index in [0.717, 1.165) is 5.56 Å². The van der Waals surface area contributed by atoms with Gasteiger partial charge in [-0.2, -0.15) is 0 Å². The van der Waals surface area contributed by atoms with Crippen LogP contribution >= 0.6 is 0 Å². The van der Waals surface area contributed by atoms with Crippen molar-refractivity contribution >= 4 is 0 Å². The Kier molecular flexibility index (Phi) is 3.32. The molecule has 0 aliphatic rings. The summed E-state index contributed by atoms with van der Waals surface area (Å²) in [6.45, 7) is 0. The topological polar surface area (TPSA) is 33.1 Å². The molecule has 0 unspecified atom stereocenters. The quantitative estimate of drug-likeness (QED) is 0.730. The van der Waals surface area contributed by atoms with Crippen molar-refractivity contribution in [3.63, 3.8) is 0 Å². The number of pyridine rings is 1. The molecule has 1 heterocycles. The Morgan fingerprint density at radius 3 is 2.56 bits per heavy atom. The Morgan fingerprint density at radius 2 is 1.88 bits per heavy atom. The molecule has 0 spiro atoms. The second-order valence-electron chi connectivity index (χ2n) is 3.32. The van der Waals surface area contributed by atoms with E-state index in [1.807, 2.05) is 30.3 Å². The van der Waals surface area contributed by atoms with Gasteiger partial charge >= 0.3 is 0 Å². The summed E-state index contributed by atoms with van der Waals surface area (Å²) in [4.78, 5) is 3.93. The Morgan fingerprint density at radius 1 is 1.06 bits per heavy atom. The van der Waals surface area contributed by atoms with E-state index in [-0.39, 0.29) is 0 Å². The van der Waals surface area contributed by atoms with E-state index >= 15 is 0 Å². The van der Waals surface area contributed by atoms with Crippen LogP contribution in [0.25, 0.3) is 0 Å². The maximum atomic E-state index is 9.77. The number of aromatic nitrogens is 1. The Bertz CT molecular complexity index is 497. The third-order valence-corrected chi connectivity index (χ3v) is 2.13. The van der Waals surface area contributed by atoms with Crippen molar-refractivity contribution in [2.24, 2.45) is 0 Å². The van der Waals surface area contributed by atoms with E-state index < -0.39 is 6.10 Å². The summed E-state index contributed by atoms with van der Waals surface area (Å²) in [5.74, 6) is 5.70. The Labute approximate surface area is 94.6 Å². The summed E-state index contributed by atoms with van der Waals surface area (Å²) in [6.07, 6.45) is 2.50. The lowest BCUT2D eigenvalue weighted by Gasteiger charge is -2.01. The maximum Gasteiger partial charge on any atom is 0.142 e. The zero-order chi connectivity index (χ0) is 11.2. The molecular weight excluding hydrogens is 198 g/mol. The van der Waals surface area contributed by atoms with Crippen molar-refractivity contribution in [2.45, 2.75) is 6.10 Å². The van der Waals surface area contributed by atoms with Gasteiger partial charge in [-0.3, -0.25) is 4.98 Å². The van der Waals surface area contributed by atoms with Gasteiger partial charge < -0.3 is 5.11 Å². The van der Waals surface area contributed by atoms with Crippen molar-refractivity contribution in [1.29, 1.82) is 0 Å². The second kappa shape index (κ2) is 5.11. The summed E-state index contributed by atoms with van der Waals surface area (Å²) >= 11 is 0. The summed E-state index contributed by atoms with van der Waals surface area (Å²) in [5, 5.41) is 9.77. The highest BCUT2D eigenvalue weighted by Gasteiger charge is 2.01. The Hall–Kier alpha value is -2.11. The number of nitrogens with zero attached hydrogens (tertiary/aromatic N) is 1. The molecule has 1 atom stereocenters.